The van der Waals surface area contributed by atoms with Gasteiger partial charge in [0.15, 0.2) is 0 Å². The molecule has 0 aromatic carbocycles. The van der Waals surface area contributed by atoms with Crippen molar-refractivity contribution in [3.63, 3.8) is 0 Å². The van der Waals surface area contributed by atoms with Crippen LogP contribution in [0.2, 0.25) is 0 Å². The van der Waals surface area contributed by atoms with E-state index in [4.69, 9.17) is 4.74 Å². The summed E-state index contributed by atoms with van der Waals surface area (Å²) in [7, 11) is 0. The second-order valence-electron chi connectivity index (χ2n) is 5.76. The third-order valence-electron chi connectivity index (χ3n) is 3.34. The van der Waals surface area contributed by atoms with Gasteiger partial charge in [-0.15, -0.1) is 0 Å². The number of ether oxygens (including phenoxy) is 1. The van der Waals surface area contributed by atoms with Gasteiger partial charge in [-0.3, -0.25) is 9.59 Å². The van der Waals surface area contributed by atoms with Gasteiger partial charge < -0.3 is 4.74 Å². The van der Waals surface area contributed by atoms with Gasteiger partial charge in [0, 0.05) is 12.0 Å². The van der Waals surface area contributed by atoms with Crippen molar-refractivity contribution in [1.82, 2.24) is 0 Å². The maximum absolute atomic E-state index is 12.3. The van der Waals surface area contributed by atoms with Crippen LogP contribution in [0.1, 0.15) is 54.9 Å². The Hall–Kier alpha value is -0.700. The molecule has 0 radical (unpaired) electrons. The van der Waals surface area contributed by atoms with Gasteiger partial charge in [0.25, 0.3) is 0 Å². The highest BCUT2D eigenvalue weighted by molar-refractivity contribution is 6.41. The first-order valence-corrected chi connectivity index (χ1v) is 6.34. The number of hydrogen-bond donors (Lipinski definition) is 0. The second kappa shape index (κ2) is 5.76. The van der Waals surface area contributed by atoms with Crippen molar-refractivity contribution in [2.75, 3.05) is 6.61 Å². The van der Waals surface area contributed by atoms with Crippen molar-refractivity contribution in [2.45, 2.75) is 60.5 Å². The molecule has 0 aliphatic heterocycles. The van der Waals surface area contributed by atoms with Crippen molar-refractivity contribution in [2.24, 2.45) is 11.3 Å². The highest BCUT2D eigenvalue weighted by Gasteiger charge is 2.45. The summed E-state index contributed by atoms with van der Waals surface area (Å²) in [4.78, 5) is 24.4. The Balaban J connectivity index is 5.22. The van der Waals surface area contributed by atoms with Gasteiger partial charge in [-0.25, -0.2) is 0 Å². The SMILES string of the molecule is CCOC(C)(C(=O)C(=O)C(C)(C)C)C(C)CC. The Bertz CT molecular complexity index is 288. The summed E-state index contributed by atoms with van der Waals surface area (Å²) in [5, 5.41) is 0. The first-order chi connectivity index (χ1) is 7.61. The fourth-order valence-corrected chi connectivity index (χ4v) is 1.69. The molecule has 0 fully saturated rings. The number of hydrogen-bond acceptors (Lipinski definition) is 3. The predicted octanol–water partition coefficient (Wildman–Crippen LogP) is 3.01. The number of ketones is 2. The zero-order valence-corrected chi connectivity index (χ0v) is 12.2. The van der Waals surface area contributed by atoms with E-state index in [1.807, 2.05) is 20.8 Å². The summed E-state index contributed by atoms with van der Waals surface area (Å²) >= 11 is 0. The van der Waals surface area contributed by atoms with Crippen LogP contribution in [0.3, 0.4) is 0 Å². The molecule has 2 atom stereocenters. The Labute approximate surface area is 105 Å². The number of carbonyl (C=O) groups excluding carboxylic acids is 2. The first kappa shape index (κ1) is 16.3. The normalized spacial score (nSPS) is 17.4. The molecule has 0 aliphatic rings. The number of Topliss-reactive ketones (excluding diaryl/α,β-unsaturated/α-hetero) is 2. The first-order valence-electron chi connectivity index (χ1n) is 6.34. The summed E-state index contributed by atoms with van der Waals surface area (Å²) in [5.74, 6) is -0.726. The lowest BCUT2D eigenvalue weighted by atomic mass is 9.77. The molecule has 0 aromatic heterocycles. The van der Waals surface area contributed by atoms with Crippen LogP contribution in [0, 0.1) is 11.3 Å². The zero-order chi connectivity index (χ0) is 13.9. The molecule has 17 heavy (non-hydrogen) atoms. The van der Waals surface area contributed by atoms with Crippen LogP contribution in [0.15, 0.2) is 0 Å². The summed E-state index contributed by atoms with van der Waals surface area (Å²) < 4.78 is 5.59. The predicted molar refractivity (Wildman–Crippen MR) is 69.0 cm³/mol. The van der Waals surface area contributed by atoms with Crippen molar-refractivity contribution in [1.29, 1.82) is 0 Å². The standard InChI is InChI=1S/C14H26O3/c1-8-10(3)14(7,17-9-2)12(16)11(15)13(4,5)6/h10H,8-9H2,1-7H3. The maximum Gasteiger partial charge on any atom is 0.230 e. The van der Waals surface area contributed by atoms with E-state index in [-0.39, 0.29) is 11.7 Å². The van der Waals surface area contributed by atoms with Gasteiger partial charge in [-0.2, -0.15) is 0 Å². The lowest BCUT2D eigenvalue weighted by molar-refractivity contribution is -0.160. The third kappa shape index (κ3) is 3.63. The summed E-state index contributed by atoms with van der Waals surface area (Å²) in [6.07, 6.45) is 0.805. The van der Waals surface area contributed by atoms with E-state index in [9.17, 15) is 9.59 Å². The smallest absolute Gasteiger partial charge is 0.230 e. The third-order valence-corrected chi connectivity index (χ3v) is 3.34. The highest BCUT2D eigenvalue weighted by atomic mass is 16.5. The zero-order valence-electron chi connectivity index (χ0n) is 12.2. The quantitative estimate of drug-likeness (QED) is 0.672. The molecule has 100 valence electrons. The molecule has 2 unspecified atom stereocenters. The van der Waals surface area contributed by atoms with Crippen molar-refractivity contribution < 1.29 is 14.3 Å². The monoisotopic (exact) mass is 242 g/mol. The maximum atomic E-state index is 12.3. The van der Waals surface area contributed by atoms with Gasteiger partial charge >= 0.3 is 0 Å². The minimum Gasteiger partial charge on any atom is -0.367 e. The van der Waals surface area contributed by atoms with Crippen LogP contribution in [0.25, 0.3) is 0 Å². The second-order valence-corrected chi connectivity index (χ2v) is 5.76. The molecule has 0 saturated carbocycles. The van der Waals surface area contributed by atoms with Crippen LogP contribution in [0.5, 0.6) is 0 Å². The lowest BCUT2D eigenvalue weighted by Gasteiger charge is -2.34. The fraction of sp³-hybridized carbons (Fsp3) is 0.857. The molecule has 0 heterocycles. The van der Waals surface area contributed by atoms with Crippen molar-refractivity contribution in [3.8, 4) is 0 Å². The molecule has 0 N–H and O–H groups in total. The highest BCUT2D eigenvalue weighted by Crippen LogP contribution is 2.29. The van der Waals surface area contributed by atoms with E-state index in [1.165, 1.54) is 0 Å². The molecular formula is C14H26O3. The van der Waals surface area contributed by atoms with Crippen molar-refractivity contribution in [3.05, 3.63) is 0 Å². The molecule has 0 aromatic rings. The number of rotatable bonds is 6. The van der Waals surface area contributed by atoms with Gasteiger partial charge in [0.2, 0.25) is 11.6 Å². The van der Waals surface area contributed by atoms with Gasteiger partial charge in [-0.05, 0) is 19.8 Å². The van der Waals surface area contributed by atoms with E-state index in [1.54, 1.807) is 27.7 Å². The lowest BCUT2D eigenvalue weighted by Crippen LogP contribution is -2.50. The van der Waals surface area contributed by atoms with Crippen LogP contribution in [-0.2, 0) is 14.3 Å². The van der Waals surface area contributed by atoms with E-state index in [0.29, 0.717) is 6.61 Å². The van der Waals surface area contributed by atoms with Crippen LogP contribution in [-0.4, -0.2) is 23.8 Å². The molecule has 3 nitrogen and oxygen atoms in total. The summed E-state index contributed by atoms with van der Waals surface area (Å²) in [6, 6.07) is 0. The minimum absolute atomic E-state index is 0.0289. The number of carbonyl (C=O) groups is 2. The molecule has 3 heteroatoms. The Morgan fingerprint density at radius 1 is 1.06 bits per heavy atom. The Morgan fingerprint density at radius 3 is 1.82 bits per heavy atom. The average molecular weight is 242 g/mol. The van der Waals surface area contributed by atoms with Crippen LogP contribution >= 0.6 is 0 Å². The van der Waals surface area contributed by atoms with E-state index in [2.05, 4.69) is 0 Å². The fourth-order valence-electron chi connectivity index (χ4n) is 1.69. The molecule has 0 rings (SSSR count). The molecular weight excluding hydrogens is 216 g/mol. The molecule has 0 bridgehead atoms. The van der Waals surface area contributed by atoms with Gasteiger partial charge in [0.05, 0.1) is 0 Å². The minimum atomic E-state index is -0.992. The van der Waals surface area contributed by atoms with Crippen molar-refractivity contribution >= 4 is 11.6 Å². The Morgan fingerprint density at radius 2 is 1.53 bits per heavy atom. The topological polar surface area (TPSA) is 43.4 Å². The molecule has 0 amide bonds. The molecule has 0 saturated heterocycles. The average Bonchev–Trinajstić information content (AvgIpc) is 2.24. The summed E-state index contributed by atoms with van der Waals surface area (Å²) in [6.45, 7) is 13.2. The van der Waals surface area contributed by atoms with E-state index >= 15 is 0 Å². The van der Waals surface area contributed by atoms with E-state index in [0.717, 1.165) is 6.42 Å². The summed E-state index contributed by atoms with van der Waals surface area (Å²) in [5.41, 5.74) is -1.64. The largest absolute Gasteiger partial charge is 0.367 e. The van der Waals surface area contributed by atoms with Gasteiger partial charge in [-0.1, -0.05) is 41.0 Å². The van der Waals surface area contributed by atoms with Crippen LogP contribution in [0.4, 0.5) is 0 Å². The van der Waals surface area contributed by atoms with Gasteiger partial charge in [0.1, 0.15) is 5.60 Å². The van der Waals surface area contributed by atoms with E-state index < -0.39 is 16.8 Å². The Kier molecular flexibility index (Phi) is 5.53. The molecule has 0 spiro atoms. The molecule has 0 aliphatic carbocycles. The van der Waals surface area contributed by atoms with Crippen LogP contribution < -0.4 is 0 Å².